The molecule has 118 valence electrons. The SMILES string of the molecule is CC.CCCC.O=C(O)c1cc([N+](=O)[O-])cc([N+](=O)[O-])c1. The first-order valence-corrected chi connectivity index (χ1v) is 6.50. The Hall–Kier alpha value is -2.51. The van der Waals surface area contributed by atoms with Crippen molar-refractivity contribution in [2.45, 2.75) is 40.5 Å². The largest absolute Gasteiger partial charge is 0.478 e. The summed E-state index contributed by atoms with van der Waals surface area (Å²) in [6, 6.07) is 2.22. The zero-order chi connectivity index (χ0) is 17.0. The summed E-state index contributed by atoms with van der Waals surface area (Å²) in [5, 5.41) is 29.2. The third-order valence-corrected chi connectivity index (χ3v) is 2.07. The minimum atomic E-state index is -1.46. The average Bonchev–Trinajstić information content (AvgIpc) is 2.48. The summed E-state index contributed by atoms with van der Waals surface area (Å²) < 4.78 is 0. The van der Waals surface area contributed by atoms with Crippen molar-refractivity contribution in [2.75, 3.05) is 0 Å². The van der Waals surface area contributed by atoms with E-state index in [0.29, 0.717) is 6.07 Å². The van der Waals surface area contributed by atoms with Crippen LogP contribution in [-0.2, 0) is 0 Å². The molecule has 0 aliphatic rings. The Balaban J connectivity index is 0. The van der Waals surface area contributed by atoms with Crippen molar-refractivity contribution in [3.05, 3.63) is 44.0 Å². The summed E-state index contributed by atoms with van der Waals surface area (Å²) in [4.78, 5) is 29.4. The van der Waals surface area contributed by atoms with Gasteiger partial charge in [-0.15, -0.1) is 0 Å². The van der Waals surface area contributed by atoms with E-state index in [2.05, 4.69) is 13.8 Å². The van der Waals surface area contributed by atoms with Crippen LogP contribution in [0.4, 0.5) is 11.4 Å². The van der Waals surface area contributed by atoms with Gasteiger partial charge in [-0.2, -0.15) is 0 Å². The number of aromatic carboxylic acids is 1. The molecule has 0 aliphatic heterocycles. The van der Waals surface area contributed by atoms with E-state index in [4.69, 9.17) is 5.11 Å². The van der Waals surface area contributed by atoms with Gasteiger partial charge in [0.15, 0.2) is 0 Å². The lowest BCUT2D eigenvalue weighted by Gasteiger charge is -1.96. The molecule has 21 heavy (non-hydrogen) atoms. The number of carboxylic acid groups (broad SMARTS) is 1. The molecule has 8 nitrogen and oxygen atoms in total. The number of carbonyl (C=O) groups is 1. The maximum Gasteiger partial charge on any atom is 0.336 e. The molecule has 1 aromatic rings. The van der Waals surface area contributed by atoms with Gasteiger partial charge in [0, 0.05) is 12.1 Å². The molecular formula is C13H20N2O6. The van der Waals surface area contributed by atoms with E-state index in [0.717, 1.165) is 12.1 Å². The Morgan fingerprint density at radius 3 is 1.52 bits per heavy atom. The first kappa shape index (κ1) is 20.8. The highest BCUT2D eigenvalue weighted by Crippen LogP contribution is 2.22. The van der Waals surface area contributed by atoms with E-state index in [1.807, 2.05) is 13.8 Å². The summed E-state index contributed by atoms with van der Waals surface area (Å²) in [5.74, 6) is -1.46. The van der Waals surface area contributed by atoms with Crippen LogP contribution < -0.4 is 0 Å². The molecule has 0 radical (unpaired) electrons. The van der Waals surface area contributed by atoms with Crippen LogP contribution in [-0.4, -0.2) is 20.9 Å². The molecule has 8 heteroatoms. The number of unbranched alkanes of at least 4 members (excludes halogenated alkanes) is 1. The van der Waals surface area contributed by atoms with Crippen molar-refractivity contribution in [3.8, 4) is 0 Å². The molecule has 1 rings (SSSR count). The van der Waals surface area contributed by atoms with Gasteiger partial charge in [0.05, 0.1) is 21.5 Å². The van der Waals surface area contributed by atoms with Crippen LogP contribution in [0.15, 0.2) is 18.2 Å². The number of non-ortho nitro benzene ring substituents is 2. The summed E-state index contributed by atoms with van der Waals surface area (Å²) in [6.07, 6.45) is 2.64. The molecule has 0 saturated carbocycles. The predicted octanol–water partition coefficient (Wildman–Crippen LogP) is 4.03. The smallest absolute Gasteiger partial charge is 0.336 e. The second kappa shape index (κ2) is 11.3. The Kier molecular flexibility index (Phi) is 11.2. The van der Waals surface area contributed by atoms with Crippen molar-refractivity contribution in [2.24, 2.45) is 0 Å². The van der Waals surface area contributed by atoms with E-state index < -0.39 is 32.8 Å². The molecule has 0 atom stereocenters. The molecule has 0 amide bonds. The Bertz CT molecular complexity index is 407. The second-order valence-corrected chi connectivity index (χ2v) is 3.56. The Morgan fingerprint density at radius 2 is 1.33 bits per heavy atom. The van der Waals surface area contributed by atoms with Crippen LogP contribution in [0.25, 0.3) is 0 Å². The second-order valence-electron chi connectivity index (χ2n) is 3.56. The lowest BCUT2D eigenvalue weighted by molar-refractivity contribution is -0.394. The number of nitro benzene ring substituents is 2. The van der Waals surface area contributed by atoms with Gasteiger partial charge in [-0.1, -0.05) is 40.5 Å². The van der Waals surface area contributed by atoms with Crippen LogP contribution in [0.2, 0.25) is 0 Å². The van der Waals surface area contributed by atoms with Gasteiger partial charge in [0.25, 0.3) is 11.4 Å². The van der Waals surface area contributed by atoms with Crippen LogP contribution in [0.1, 0.15) is 50.9 Å². The van der Waals surface area contributed by atoms with Gasteiger partial charge in [0.2, 0.25) is 0 Å². The van der Waals surface area contributed by atoms with E-state index in [-0.39, 0.29) is 0 Å². The topological polar surface area (TPSA) is 124 Å². The summed E-state index contributed by atoms with van der Waals surface area (Å²) >= 11 is 0. The highest BCUT2D eigenvalue weighted by molar-refractivity contribution is 5.89. The van der Waals surface area contributed by atoms with Gasteiger partial charge in [-0.25, -0.2) is 4.79 Å². The highest BCUT2D eigenvalue weighted by atomic mass is 16.6. The normalized spacial score (nSPS) is 8.57. The predicted molar refractivity (Wildman–Crippen MR) is 78.6 cm³/mol. The highest BCUT2D eigenvalue weighted by Gasteiger charge is 2.19. The lowest BCUT2D eigenvalue weighted by atomic mass is 10.2. The average molecular weight is 300 g/mol. The van der Waals surface area contributed by atoms with Crippen LogP contribution in [0.5, 0.6) is 0 Å². The van der Waals surface area contributed by atoms with Crippen LogP contribution >= 0.6 is 0 Å². The number of nitro groups is 2. The van der Waals surface area contributed by atoms with Crippen molar-refractivity contribution in [1.29, 1.82) is 0 Å². The van der Waals surface area contributed by atoms with E-state index in [9.17, 15) is 25.0 Å². The maximum atomic E-state index is 10.5. The molecule has 0 aliphatic carbocycles. The van der Waals surface area contributed by atoms with Crippen molar-refractivity contribution in [1.82, 2.24) is 0 Å². The van der Waals surface area contributed by atoms with Crippen LogP contribution in [0.3, 0.4) is 0 Å². The molecule has 1 aromatic carbocycles. The van der Waals surface area contributed by atoms with Gasteiger partial charge < -0.3 is 5.11 Å². The third-order valence-electron chi connectivity index (χ3n) is 2.07. The van der Waals surface area contributed by atoms with Crippen LogP contribution in [0, 0.1) is 20.2 Å². The standard InChI is InChI=1S/C7H4N2O6.C4H10.C2H6/c10-7(11)4-1-5(8(12)13)3-6(2-4)9(14)15;1-3-4-2;1-2/h1-3H,(H,10,11);3-4H2,1-2H3;1-2H3. The minimum Gasteiger partial charge on any atom is -0.478 e. The first-order chi connectivity index (χ1) is 9.83. The van der Waals surface area contributed by atoms with E-state index in [1.54, 1.807) is 0 Å². The zero-order valence-corrected chi connectivity index (χ0v) is 12.5. The fourth-order valence-corrected chi connectivity index (χ4v) is 0.929. The molecule has 1 N–H and O–H groups in total. The molecule has 0 fully saturated rings. The van der Waals surface area contributed by atoms with Crippen molar-refractivity contribution < 1.29 is 19.7 Å². The molecule has 0 spiro atoms. The number of rotatable bonds is 4. The first-order valence-electron chi connectivity index (χ1n) is 6.50. The Morgan fingerprint density at radius 1 is 1.00 bits per heavy atom. The van der Waals surface area contributed by atoms with Gasteiger partial charge >= 0.3 is 5.97 Å². The molecular weight excluding hydrogens is 280 g/mol. The monoisotopic (exact) mass is 300 g/mol. The fraction of sp³-hybridized carbons (Fsp3) is 0.462. The maximum absolute atomic E-state index is 10.5. The number of carboxylic acids is 1. The Labute approximate surface area is 122 Å². The lowest BCUT2D eigenvalue weighted by Crippen LogP contribution is -2.00. The number of nitrogens with zero attached hydrogens (tertiary/aromatic N) is 2. The van der Waals surface area contributed by atoms with E-state index >= 15 is 0 Å². The molecule has 0 heterocycles. The van der Waals surface area contributed by atoms with Crippen molar-refractivity contribution >= 4 is 17.3 Å². The van der Waals surface area contributed by atoms with Gasteiger partial charge in [-0.3, -0.25) is 20.2 Å². The van der Waals surface area contributed by atoms with Gasteiger partial charge in [0.1, 0.15) is 0 Å². The molecule has 0 unspecified atom stereocenters. The van der Waals surface area contributed by atoms with Gasteiger partial charge in [-0.05, 0) is 0 Å². The summed E-state index contributed by atoms with van der Waals surface area (Å²) in [5.41, 5.74) is -1.74. The number of hydrogen-bond acceptors (Lipinski definition) is 5. The summed E-state index contributed by atoms with van der Waals surface area (Å²) in [7, 11) is 0. The molecule has 0 aromatic heterocycles. The van der Waals surface area contributed by atoms with E-state index in [1.165, 1.54) is 12.8 Å². The third kappa shape index (κ3) is 8.30. The number of hydrogen-bond donors (Lipinski definition) is 1. The fourth-order valence-electron chi connectivity index (χ4n) is 0.929. The summed E-state index contributed by atoms with van der Waals surface area (Å²) in [6.45, 7) is 8.36. The molecule has 0 bridgehead atoms. The van der Waals surface area contributed by atoms with Crippen molar-refractivity contribution in [3.63, 3.8) is 0 Å². The minimum absolute atomic E-state index is 0.490. The molecule has 0 saturated heterocycles. The zero-order valence-electron chi connectivity index (χ0n) is 12.5. The quantitative estimate of drug-likeness (QED) is 0.661. The number of benzene rings is 1.